The van der Waals surface area contributed by atoms with Crippen LogP contribution in [-0.4, -0.2) is 33.2 Å². The molecule has 0 bridgehead atoms. The number of thiazole rings is 1. The first kappa shape index (κ1) is 15.7. The zero-order chi connectivity index (χ0) is 16.4. The fourth-order valence-electron chi connectivity index (χ4n) is 2.55. The van der Waals surface area contributed by atoms with E-state index in [1.54, 1.807) is 12.3 Å². The predicted molar refractivity (Wildman–Crippen MR) is 92.7 cm³/mol. The Kier molecular flexibility index (Phi) is 4.45. The molecule has 1 unspecified atom stereocenters. The number of carbonyl (C=O) groups is 1. The zero-order valence-corrected chi connectivity index (χ0v) is 13.9. The number of carbonyl (C=O) groups excluding carboxylic acids is 1. The lowest BCUT2D eigenvalue weighted by molar-refractivity contribution is 0.0920. The first-order valence-corrected chi connectivity index (χ1v) is 8.48. The molecule has 1 aromatic carbocycles. The first-order chi connectivity index (χ1) is 11.1. The number of rotatable bonds is 5. The predicted octanol–water partition coefficient (Wildman–Crippen LogP) is 2.90. The van der Waals surface area contributed by atoms with Crippen molar-refractivity contribution in [1.82, 2.24) is 14.9 Å². The second kappa shape index (κ2) is 6.52. The van der Waals surface area contributed by atoms with Crippen LogP contribution in [0.15, 0.2) is 35.7 Å². The van der Waals surface area contributed by atoms with Crippen molar-refractivity contribution < 1.29 is 9.90 Å². The Morgan fingerprint density at radius 1 is 1.43 bits per heavy atom. The highest BCUT2D eigenvalue weighted by molar-refractivity contribution is 7.13. The molecule has 2 N–H and O–H groups in total. The number of benzene rings is 1. The lowest BCUT2D eigenvalue weighted by Crippen LogP contribution is -2.30. The van der Waals surface area contributed by atoms with Gasteiger partial charge in [0.15, 0.2) is 0 Å². The second-order valence-electron chi connectivity index (χ2n) is 5.43. The highest BCUT2D eigenvalue weighted by atomic mass is 32.1. The smallest absolute Gasteiger partial charge is 0.270 e. The van der Waals surface area contributed by atoms with Gasteiger partial charge < -0.3 is 15.0 Å². The molecule has 6 heteroatoms. The van der Waals surface area contributed by atoms with E-state index in [4.69, 9.17) is 0 Å². The number of hydrogen-bond acceptors (Lipinski definition) is 4. The summed E-state index contributed by atoms with van der Waals surface area (Å²) in [5.41, 5.74) is 2.58. The number of nitrogens with zero attached hydrogens (tertiary/aromatic N) is 2. The largest absolute Gasteiger partial charge is 0.392 e. The van der Waals surface area contributed by atoms with Crippen molar-refractivity contribution in [3.63, 3.8) is 0 Å². The Morgan fingerprint density at radius 2 is 2.22 bits per heavy atom. The Morgan fingerprint density at radius 3 is 2.96 bits per heavy atom. The molecule has 0 aliphatic carbocycles. The molecule has 0 aliphatic rings. The lowest BCUT2D eigenvalue weighted by atomic mass is 10.2. The van der Waals surface area contributed by atoms with Crippen molar-refractivity contribution in [2.45, 2.75) is 26.5 Å². The lowest BCUT2D eigenvalue weighted by Gasteiger charge is -2.06. The molecule has 120 valence electrons. The molecule has 3 rings (SSSR count). The minimum Gasteiger partial charge on any atom is -0.392 e. The summed E-state index contributed by atoms with van der Waals surface area (Å²) in [7, 11) is 0. The van der Waals surface area contributed by atoms with Crippen molar-refractivity contribution in [1.29, 1.82) is 0 Å². The van der Waals surface area contributed by atoms with Crippen LogP contribution in [0, 0.1) is 0 Å². The van der Waals surface area contributed by atoms with Gasteiger partial charge in [-0.2, -0.15) is 0 Å². The van der Waals surface area contributed by atoms with Gasteiger partial charge in [-0.1, -0.05) is 18.2 Å². The number of hydrogen-bond donors (Lipinski definition) is 2. The molecule has 0 aliphatic heterocycles. The molecule has 0 spiro atoms. The van der Waals surface area contributed by atoms with E-state index in [9.17, 15) is 9.90 Å². The van der Waals surface area contributed by atoms with Gasteiger partial charge in [0.2, 0.25) is 0 Å². The number of aromatic nitrogens is 2. The summed E-state index contributed by atoms with van der Waals surface area (Å²) in [5.74, 6) is -0.257. The van der Waals surface area contributed by atoms with Gasteiger partial charge in [-0.25, -0.2) is 4.98 Å². The van der Waals surface area contributed by atoms with E-state index in [0.29, 0.717) is 5.69 Å². The summed E-state index contributed by atoms with van der Waals surface area (Å²) >= 11 is 1.45. The number of fused-ring (bicyclic) bond motifs is 1. The van der Waals surface area contributed by atoms with E-state index in [1.165, 1.54) is 22.2 Å². The maximum atomic E-state index is 12.0. The van der Waals surface area contributed by atoms with Gasteiger partial charge in [0, 0.05) is 29.4 Å². The minimum absolute atomic E-state index is 0.223. The molecular formula is C17H19N3O2S. The van der Waals surface area contributed by atoms with Gasteiger partial charge in [-0.3, -0.25) is 4.79 Å². The average molecular weight is 329 g/mol. The summed E-state index contributed by atoms with van der Waals surface area (Å²) in [4.78, 5) is 16.5. The molecule has 0 saturated heterocycles. The minimum atomic E-state index is -0.570. The van der Waals surface area contributed by atoms with Crippen LogP contribution in [0.4, 0.5) is 0 Å². The maximum absolute atomic E-state index is 12.0. The van der Waals surface area contributed by atoms with Crippen LogP contribution in [0.2, 0.25) is 0 Å². The summed E-state index contributed by atoms with van der Waals surface area (Å²) in [6.07, 6.45) is -0.570. The molecule has 2 heterocycles. The SMILES string of the molecule is CCn1c(-c2nc(C(=O)NCC(C)O)cs2)cc2ccccc21. The Labute approximate surface area is 138 Å². The van der Waals surface area contributed by atoms with Crippen molar-refractivity contribution in [3.8, 4) is 10.7 Å². The summed E-state index contributed by atoms with van der Waals surface area (Å²) in [6.45, 7) is 4.79. The third kappa shape index (κ3) is 3.13. The fourth-order valence-corrected chi connectivity index (χ4v) is 3.38. The fraction of sp³-hybridized carbons (Fsp3) is 0.294. The van der Waals surface area contributed by atoms with Gasteiger partial charge in [0.05, 0.1) is 11.8 Å². The van der Waals surface area contributed by atoms with Crippen LogP contribution in [0.1, 0.15) is 24.3 Å². The molecule has 1 amide bonds. The summed E-state index contributed by atoms with van der Waals surface area (Å²) in [6, 6.07) is 10.3. The van der Waals surface area contributed by atoms with Crippen molar-refractivity contribution >= 4 is 28.1 Å². The summed E-state index contributed by atoms with van der Waals surface area (Å²) in [5, 5.41) is 15.7. The number of amides is 1. The average Bonchev–Trinajstić information content (AvgIpc) is 3.16. The van der Waals surface area contributed by atoms with Gasteiger partial charge in [0.25, 0.3) is 5.91 Å². The normalized spacial score (nSPS) is 12.5. The molecule has 0 saturated carbocycles. The third-order valence-corrected chi connectivity index (χ3v) is 4.51. The Bertz CT molecular complexity index is 835. The maximum Gasteiger partial charge on any atom is 0.270 e. The monoisotopic (exact) mass is 329 g/mol. The van der Waals surface area contributed by atoms with E-state index in [0.717, 1.165) is 17.2 Å². The second-order valence-corrected chi connectivity index (χ2v) is 6.29. The van der Waals surface area contributed by atoms with Crippen LogP contribution in [0.3, 0.4) is 0 Å². The van der Waals surface area contributed by atoms with Crippen LogP contribution in [0.5, 0.6) is 0 Å². The molecule has 0 radical (unpaired) electrons. The van der Waals surface area contributed by atoms with Gasteiger partial charge in [-0.05, 0) is 26.0 Å². The van der Waals surface area contributed by atoms with Gasteiger partial charge in [-0.15, -0.1) is 11.3 Å². The first-order valence-electron chi connectivity index (χ1n) is 7.60. The number of para-hydroxylation sites is 1. The molecule has 5 nitrogen and oxygen atoms in total. The molecule has 0 fully saturated rings. The van der Waals surface area contributed by atoms with Crippen LogP contribution in [0.25, 0.3) is 21.6 Å². The standard InChI is InChI=1S/C17H19N3O2S/c1-3-20-14-7-5-4-6-12(14)8-15(20)17-19-13(10-23-17)16(22)18-9-11(2)21/h4-8,10-11,21H,3,9H2,1-2H3,(H,18,22). The van der Waals surface area contributed by atoms with E-state index in [1.807, 2.05) is 12.1 Å². The number of aliphatic hydroxyl groups excluding tert-OH is 1. The van der Waals surface area contributed by atoms with Gasteiger partial charge >= 0.3 is 0 Å². The van der Waals surface area contributed by atoms with E-state index in [-0.39, 0.29) is 12.5 Å². The zero-order valence-electron chi connectivity index (χ0n) is 13.1. The van der Waals surface area contributed by atoms with E-state index in [2.05, 4.69) is 40.0 Å². The summed E-state index contributed by atoms with van der Waals surface area (Å²) < 4.78 is 2.20. The number of aliphatic hydroxyl groups is 1. The van der Waals surface area contributed by atoms with Crippen molar-refractivity contribution in [2.24, 2.45) is 0 Å². The van der Waals surface area contributed by atoms with Crippen molar-refractivity contribution in [3.05, 3.63) is 41.4 Å². The Balaban J connectivity index is 1.93. The van der Waals surface area contributed by atoms with Gasteiger partial charge in [0.1, 0.15) is 10.7 Å². The van der Waals surface area contributed by atoms with E-state index < -0.39 is 6.10 Å². The highest BCUT2D eigenvalue weighted by Gasteiger charge is 2.16. The molecular weight excluding hydrogens is 310 g/mol. The number of nitrogens with one attached hydrogen (secondary N) is 1. The topological polar surface area (TPSA) is 67.2 Å². The molecule has 3 aromatic rings. The molecule has 23 heavy (non-hydrogen) atoms. The third-order valence-electron chi connectivity index (χ3n) is 3.64. The number of aryl methyl sites for hydroxylation is 1. The Hall–Kier alpha value is -2.18. The molecule has 2 aromatic heterocycles. The van der Waals surface area contributed by atoms with E-state index >= 15 is 0 Å². The van der Waals surface area contributed by atoms with Crippen LogP contribution >= 0.6 is 11.3 Å². The quantitative estimate of drug-likeness (QED) is 0.756. The highest BCUT2D eigenvalue weighted by Crippen LogP contribution is 2.30. The van der Waals surface area contributed by atoms with Crippen molar-refractivity contribution in [2.75, 3.05) is 6.54 Å². The molecule has 1 atom stereocenters. The van der Waals surface area contributed by atoms with Crippen LogP contribution in [-0.2, 0) is 6.54 Å². The van der Waals surface area contributed by atoms with Crippen LogP contribution < -0.4 is 5.32 Å².